The topological polar surface area (TPSA) is 42.4 Å². The average Bonchev–Trinajstić information content (AvgIpc) is 2.43. The lowest BCUT2D eigenvalue weighted by atomic mass is 10.2. The standard InChI is InChI=1S/C15H15F2NO2/c1-2-3-11-6-10(9-19)7-15(18-11)20-12-4-5-13(16)14(17)8-12/h4-8,19H,2-3,9H2,1H3. The van der Waals surface area contributed by atoms with E-state index in [2.05, 4.69) is 4.98 Å². The highest BCUT2D eigenvalue weighted by Gasteiger charge is 2.07. The number of aliphatic hydroxyl groups excluding tert-OH is 1. The van der Waals surface area contributed by atoms with E-state index in [1.807, 2.05) is 6.92 Å². The summed E-state index contributed by atoms with van der Waals surface area (Å²) in [5.41, 5.74) is 1.46. The van der Waals surface area contributed by atoms with Crippen LogP contribution in [-0.4, -0.2) is 10.1 Å². The Hall–Kier alpha value is -2.01. The number of ether oxygens (including phenoxy) is 1. The zero-order valence-electron chi connectivity index (χ0n) is 11.1. The fourth-order valence-corrected chi connectivity index (χ4v) is 1.81. The SMILES string of the molecule is CCCc1cc(CO)cc(Oc2ccc(F)c(F)c2)n1. The number of aliphatic hydroxyl groups is 1. The van der Waals surface area contributed by atoms with Crippen molar-refractivity contribution in [3.63, 3.8) is 0 Å². The van der Waals surface area contributed by atoms with Gasteiger partial charge in [-0.25, -0.2) is 13.8 Å². The summed E-state index contributed by atoms with van der Waals surface area (Å²) in [6.45, 7) is 1.89. The number of pyridine rings is 1. The van der Waals surface area contributed by atoms with Crippen LogP contribution in [0.5, 0.6) is 11.6 Å². The van der Waals surface area contributed by atoms with Gasteiger partial charge in [-0.1, -0.05) is 13.3 Å². The highest BCUT2D eigenvalue weighted by Crippen LogP contribution is 2.23. The second-order valence-electron chi connectivity index (χ2n) is 4.39. The van der Waals surface area contributed by atoms with Crippen LogP contribution in [0.1, 0.15) is 24.6 Å². The van der Waals surface area contributed by atoms with E-state index in [1.165, 1.54) is 6.07 Å². The van der Waals surface area contributed by atoms with Crippen LogP contribution in [0.2, 0.25) is 0 Å². The minimum Gasteiger partial charge on any atom is -0.439 e. The summed E-state index contributed by atoms with van der Waals surface area (Å²) in [4.78, 5) is 4.27. The van der Waals surface area contributed by atoms with E-state index in [0.717, 1.165) is 30.7 Å². The largest absolute Gasteiger partial charge is 0.439 e. The molecule has 0 fully saturated rings. The van der Waals surface area contributed by atoms with Crippen LogP contribution >= 0.6 is 0 Å². The van der Waals surface area contributed by atoms with E-state index in [9.17, 15) is 13.9 Å². The van der Waals surface area contributed by atoms with E-state index in [4.69, 9.17) is 4.74 Å². The molecule has 0 radical (unpaired) electrons. The summed E-state index contributed by atoms with van der Waals surface area (Å²) in [5, 5.41) is 9.21. The lowest BCUT2D eigenvalue weighted by Gasteiger charge is -2.09. The maximum absolute atomic E-state index is 13.1. The van der Waals surface area contributed by atoms with Gasteiger partial charge in [0.05, 0.1) is 6.61 Å². The van der Waals surface area contributed by atoms with Gasteiger partial charge in [-0.3, -0.25) is 0 Å². The van der Waals surface area contributed by atoms with Gasteiger partial charge in [0.1, 0.15) is 5.75 Å². The molecule has 0 aliphatic rings. The smallest absolute Gasteiger partial charge is 0.219 e. The molecule has 0 spiro atoms. The number of aryl methyl sites for hydroxylation is 1. The fraction of sp³-hybridized carbons (Fsp3) is 0.267. The minimum absolute atomic E-state index is 0.132. The summed E-state index contributed by atoms with van der Waals surface area (Å²) in [6, 6.07) is 6.64. The third-order valence-electron chi connectivity index (χ3n) is 2.72. The molecule has 0 aliphatic carbocycles. The first kappa shape index (κ1) is 14.4. The molecule has 0 saturated carbocycles. The molecule has 2 rings (SSSR count). The summed E-state index contributed by atoms with van der Waals surface area (Å²) < 4.78 is 31.4. The third-order valence-corrected chi connectivity index (χ3v) is 2.72. The van der Waals surface area contributed by atoms with Gasteiger partial charge < -0.3 is 9.84 Å². The first-order valence-electron chi connectivity index (χ1n) is 6.36. The van der Waals surface area contributed by atoms with Crippen LogP contribution in [0.15, 0.2) is 30.3 Å². The predicted molar refractivity (Wildman–Crippen MR) is 70.6 cm³/mol. The molecule has 20 heavy (non-hydrogen) atoms. The lowest BCUT2D eigenvalue weighted by Crippen LogP contribution is -1.97. The van der Waals surface area contributed by atoms with Gasteiger partial charge in [0.25, 0.3) is 0 Å². The highest BCUT2D eigenvalue weighted by molar-refractivity contribution is 5.31. The molecule has 0 amide bonds. The number of hydrogen-bond donors (Lipinski definition) is 1. The summed E-state index contributed by atoms with van der Waals surface area (Å²) in [7, 11) is 0. The van der Waals surface area contributed by atoms with E-state index >= 15 is 0 Å². The lowest BCUT2D eigenvalue weighted by molar-refractivity contribution is 0.280. The van der Waals surface area contributed by atoms with Gasteiger partial charge in [-0.05, 0) is 30.2 Å². The van der Waals surface area contributed by atoms with Gasteiger partial charge in [0.2, 0.25) is 5.88 Å². The van der Waals surface area contributed by atoms with Crippen molar-refractivity contribution in [2.45, 2.75) is 26.4 Å². The van der Waals surface area contributed by atoms with Crippen LogP contribution in [0, 0.1) is 11.6 Å². The third kappa shape index (κ3) is 3.51. The molecule has 3 nitrogen and oxygen atoms in total. The molecular formula is C15H15F2NO2. The molecule has 0 aliphatic heterocycles. The molecule has 1 heterocycles. The van der Waals surface area contributed by atoms with E-state index < -0.39 is 11.6 Å². The molecule has 1 N–H and O–H groups in total. The number of aromatic nitrogens is 1. The zero-order valence-corrected chi connectivity index (χ0v) is 11.1. The van der Waals surface area contributed by atoms with Gasteiger partial charge in [0.15, 0.2) is 11.6 Å². The van der Waals surface area contributed by atoms with Crippen molar-refractivity contribution < 1.29 is 18.6 Å². The van der Waals surface area contributed by atoms with E-state index in [1.54, 1.807) is 12.1 Å². The van der Waals surface area contributed by atoms with Crippen LogP contribution in [0.4, 0.5) is 8.78 Å². The molecule has 0 atom stereocenters. The Morgan fingerprint density at radius 3 is 2.60 bits per heavy atom. The normalized spacial score (nSPS) is 10.6. The molecule has 1 aromatic carbocycles. The second-order valence-corrected chi connectivity index (χ2v) is 4.39. The Bertz CT molecular complexity index is 602. The van der Waals surface area contributed by atoms with Crippen LogP contribution in [0.25, 0.3) is 0 Å². The number of halogens is 2. The summed E-state index contributed by atoms with van der Waals surface area (Å²) in [5.74, 6) is -1.49. The van der Waals surface area contributed by atoms with Crippen molar-refractivity contribution in [1.82, 2.24) is 4.98 Å². The van der Waals surface area contributed by atoms with Crippen LogP contribution < -0.4 is 4.74 Å². The summed E-state index contributed by atoms with van der Waals surface area (Å²) in [6.07, 6.45) is 1.66. The first-order valence-corrected chi connectivity index (χ1v) is 6.36. The van der Waals surface area contributed by atoms with Crippen molar-refractivity contribution in [3.8, 4) is 11.6 Å². The Kier molecular flexibility index (Phi) is 4.63. The molecule has 5 heteroatoms. The molecular weight excluding hydrogens is 264 g/mol. The highest BCUT2D eigenvalue weighted by atomic mass is 19.2. The maximum atomic E-state index is 13.1. The van der Waals surface area contributed by atoms with Gasteiger partial charge in [0, 0.05) is 17.8 Å². The Morgan fingerprint density at radius 2 is 1.95 bits per heavy atom. The van der Waals surface area contributed by atoms with Crippen LogP contribution in [-0.2, 0) is 13.0 Å². The molecule has 0 unspecified atom stereocenters. The molecule has 0 saturated heterocycles. The van der Waals surface area contributed by atoms with Crippen LogP contribution in [0.3, 0.4) is 0 Å². The van der Waals surface area contributed by atoms with Gasteiger partial charge >= 0.3 is 0 Å². The molecule has 2 aromatic rings. The van der Waals surface area contributed by atoms with Gasteiger partial charge in [-0.15, -0.1) is 0 Å². The second kappa shape index (κ2) is 6.43. The monoisotopic (exact) mass is 279 g/mol. The quantitative estimate of drug-likeness (QED) is 0.909. The maximum Gasteiger partial charge on any atom is 0.219 e. The van der Waals surface area contributed by atoms with E-state index in [0.29, 0.717) is 5.56 Å². The van der Waals surface area contributed by atoms with Crippen molar-refractivity contribution in [1.29, 1.82) is 0 Å². The molecule has 1 aromatic heterocycles. The van der Waals surface area contributed by atoms with E-state index in [-0.39, 0.29) is 18.2 Å². The van der Waals surface area contributed by atoms with Gasteiger partial charge in [-0.2, -0.15) is 0 Å². The number of rotatable bonds is 5. The summed E-state index contributed by atoms with van der Waals surface area (Å²) >= 11 is 0. The average molecular weight is 279 g/mol. The zero-order chi connectivity index (χ0) is 14.5. The fourth-order valence-electron chi connectivity index (χ4n) is 1.81. The first-order chi connectivity index (χ1) is 9.62. The van der Waals surface area contributed by atoms with Crippen molar-refractivity contribution in [2.75, 3.05) is 0 Å². The minimum atomic E-state index is -0.977. The molecule has 0 bridgehead atoms. The Balaban J connectivity index is 2.27. The Morgan fingerprint density at radius 1 is 1.15 bits per heavy atom. The Labute approximate surface area is 115 Å². The van der Waals surface area contributed by atoms with Crippen molar-refractivity contribution in [2.24, 2.45) is 0 Å². The van der Waals surface area contributed by atoms with Crippen molar-refractivity contribution in [3.05, 3.63) is 53.2 Å². The molecule has 106 valence electrons. The predicted octanol–water partition coefficient (Wildman–Crippen LogP) is 3.60. The number of nitrogens with zero attached hydrogens (tertiary/aromatic N) is 1. The number of hydrogen-bond acceptors (Lipinski definition) is 3. The number of benzene rings is 1. The van der Waals surface area contributed by atoms with Crippen molar-refractivity contribution >= 4 is 0 Å².